The fraction of sp³-hybridized carbons (Fsp3) is 0.250. The molecular formula is C12H14N2S. The molecule has 0 aliphatic rings. The molecule has 0 aliphatic carbocycles. The van der Waals surface area contributed by atoms with Gasteiger partial charge < -0.3 is 4.98 Å². The summed E-state index contributed by atoms with van der Waals surface area (Å²) in [5.74, 6) is 1.04. The van der Waals surface area contributed by atoms with Crippen LogP contribution in [-0.4, -0.2) is 15.7 Å². The summed E-state index contributed by atoms with van der Waals surface area (Å²) in [6, 6.07) is 8.46. The molecule has 3 heteroatoms. The van der Waals surface area contributed by atoms with Crippen LogP contribution in [0, 0.1) is 6.92 Å². The summed E-state index contributed by atoms with van der Waals surface area (Å²) >= 11 is 1.73. The molecule has 2 nitrogen and oxygen atoms in total. The summed E-state index contributed by atoms with van der Waals surface area (Å²) in [5.41, 5.74) is 3.56. The van der Waals surface area contributed by atoms with Crippen LogP contribution in [0.3, 0.4) is 0 Å². The van der Waals surface area contributed by atoms with Crippen molar-refractivity contribution < 1.29 is 0 Å². The minimum Gasteiger partial charge on any atom is -0.333 e. The molecule has 0 unspecified atom stereocenters. The molecule has 1 aromatic heterocycles. The fourth-order valence-electron chi connectivity index (χ4n) is 1.39. The Bertz CT molecular complexity index is 431. The second-order valence-corrected chi connectivity index (χ2v) is 4.65. The Morgan fingerprint density at radius 3 is 2.67 bits per heavy atom. The van der Waals surface area contributed by atoms with E-state index in [-0.39, 0.29) is 0 Å². The third kappa shape index (κ3) is 2.42. The molecule has 78 valence electrons. The molecule has 1 heterocycles. The van der Waals surface area contributed by atoms with Crippen LogP contribution in [0.15, 0.2) is 35.6 Å². The number of aromatic nitrogens is 2. The molecule has 1 N–H and O–H groups in total. The highest BCUT2D eigenvalue weighted by molar-refractivity contribution is 7.99. The molecule has 2 aromatic rings. The maximum Gasteiger partial charge on any atom is 0.165 e. The van der Waals surface area contributed by atoms with E-state index in [0.717, 1.165) is 16.6 Å². The number of rotatable bonds is 3. The first kappa shape index (κ1) is 10.3. The van der Waals surface area contributed by atoms with E-state index in [9.17, 15) is 0 Å². The molecule has 0 fully saturated rings. The van der Waals surface area contributed by atoms with E-state index < -0.39 is 0 Å². The lowest BCUT2D eigenvalue weighted by molar-refractivity contribution is 1.06. The normalized spacial score (nSPS) is 10.5. The first-order chi connectivity index (χ1) is 7.29. The third-order valence-electron chi connectivity index (χ3n) is 2.20. The predicted octanol–water partition coefficient (Wildman–Crippen LogP) is 3.50. The summed E-state index contributed by atoms with van der Waals surface area (Å²) in [6.45, 7) is 4.22. The van der Waals surface area contributed by atoms with Crippen molar-refractivity contribution in [3.8, 4) is 11.3 Å². The van der Waals surface area contributed by atoms with E-state index in [0.29, 0.717) is 0 Å². The van der Waals surface area contributed by atoms with Crippen LogP contribution in [0.25, 0.3) is 11.3 Å². The number of thioether (sulfide) groups is 1. The van der Waals surface area contributed by atoms with Crippen LogP contribution < -0.4 is 0 Å². The Kier molecular flexibility index (Phi) is 3.11. The number of aryl methyl sites for hydroxylation is 1. The van der Waals surface area contributed by atoms with E-state index in [1.807, 2.05) is 6.20 Å². The van der Waals surface area contributed by atoms with Gasteiger partial charge in [0.25, 0.3) is 0 Å². The van der Waals surface area contributed by atoms with Crippen molar-refractivity contribution >= 4 is 11.8 Å². The Hall–Kier alpha value is -1.22. The van der Waals surface area contributed by atoms with Crippen molar-refractivity contribution in [2.24, 2.45) is 0 Å². The van der Waals surface area contributed by atoms with E-state index in [1.54, 1.807) is 11.8 Å². The molecule has 2 rings (SSSR count). The summed E-state index contributed by atoms with van der Waals surface area (Å²) in [6.07, 6.45) is 1.89. The lowest BCUT2D eigenvalue weighted by Crippen LogP contribution is -1.79. The van der Waals surface area contributed by atoms with Gasteiger partial charge in [-0.25, -0.2) is 4.98 Å². The molecule has 1 aromatic carbocycles. The second kappa shape index (κ2) is 4.53. The van der Waals surface area contributed by atoms with Crippen LogP contribution in [0.2, 0.25) is 0 Å². The average molecular weight is 218 g/mol. The predicted molar refractivity (Wildman–Crippen MR) is 65.2 cm³/mol. The molecule has 0 spiro atoms. The Morgan fingerprint density at radius 1 is 1.27 bits per heavy atom. The van der Waals surface area contributed by atoms with Gasteiger partial charge in [-0.1, -0.05) is 48.5 Å². The van der Waals surface area contributed by atoms with Crippen molar-refractivity contribution in [2.75, 3.05) is 5.75 Å². The number of nitrogens with one attached hydrogen (secondary N) is 1. The van der Waals surface area contributed by atoms with Gasteiger partial charge in [0.05, 0.1) is 11.9 Å². The molecular weight excluding hydrogens is 204 g/mol. The number of imidazole rings is 1. The third-order valence-corrected chi connectivity index (χ3v) is 2.97. The molecule has 0 saturated heterocycles. The zero-order valence-corrected chi connectivity index (χ0v) is 9.77. The number of hydrogen-bond acceptors (Lipinski definition) is 2. The first-order valence-corrected chi connectivity index (χ1v) is 6.03. The second-order valence-electron chi connectivity index (χ2n) is 3.40. The van der Waals surface area contributed by atoms with Gasteiger partial charge in [-0.2, -0.15) is 0 Å². The molecule has 0 amide bonds. The van der Waals surface area contributed by atoms with Gasteiger partial charge in [0, 0.05) is 0 Å². The van der Waals surface area contributed by atoms with Crippen molar-refractivity contribution in [3.05, 3.63) is 36.0 Å². The van der Waals surface area contributed by atoms with Crippen LogP contribution in [0.5, 0.6) is 0 Å². The lowest BCUT2D eigenvalue weighted by atomic mass is 10.1. The van der Waals surface area contributed by atoms with E-state index in [4.69, 9.17) is 0 Å². The largest absolute Gasteiger partial charge is 0.333 e. The minimum absolute atomic E-state index is 0.994. The SMILES string of the molecule is CCSc1ncc(-c2ccc(C)cc2)[nH]1. The number of hydrogen-bond donors (Lipinski definition) is 1. The molecule has 0 atom stereocenters. The fourth-order valence-corrected chi connectivity index (χ4v) is 1.98. The Labute approximate surface area is 94.1 Å². The molecule has 0 radical (unpaired) electrons. The van der Waals surface area contributed by atoms with Gasteiger partial charge in [0.2, 0.25) is 0 Å². The lowest BCUT2D eigenvalue weighted by Gasteiger charge is -1.97. The molecule has 0 bridgehead atoms. The average Bonchev–Trinajstić information content (AvgIpc) is 2.68. The monoisotopic (exact) mass is 218 g/mol. The summed E-state index contributed by atoms with van der Waals surface area (Å²) < 4.78 is 0. The molecule has 0 saturated carbocycles. The smallest absolute Gasteiger partial charge is 0.165 e. The van der Waals surface area contributed by atoms with Gasteiger partial charge in [-0.3, -0.25) is 0 Å². The topological polar surface area (TPSA) is 28.7 Å². The van der Waals surface area contributed by atoms with Gasteiger partial charge in [-0.05, 0) is 18.2 Å². The summed E-state index contributed by atoms with van der Waals surface area (Å²) in [4.78, 5) is 7.61. The standard InChI is InChI=1S/C12H14N2S/c1-3-15-12-13-8-11(14-12)10-6-4-9(2)5-7-10/h4-8H,3H2,1-2H3,(H,13,14). The number of H-pyrrole nitrogens is 1. The van der Waals surface area contributed by atoms with Gasteiger partial charge >= 0.3 is 0 Å². The quantitative estimate of drug-likeness (QED) is 0.799. The van der Waals surface area contributed by atoms with Crippen molar-refractivity contribution in [2.45, 2.75) is 19.0 Å². The van der Waals surface area contributed by atoms with Crippen molar-refractivity contribution in [3.63, 3.8) is 0 Å². The highest BCUT2D eigenvalue weighted by atomic mass is 32.2. The van der Waals surface area contributed by atoms with Gasteiger partial charge in [0.1, 0.15) is 0 Å². The summed E-state index contributed by atoms with van der Waals surface area (Å²) in [5, 5.41) is 0.994. The first-order valence-electron chi connectivity index (χ1n) is 5.04. The highest BCUT2D eigenvalue weighted by Crippen LogP contribution is 2.21. The van der Waals surface area contributed by atoms with Crippen LogP contribution >= 0.6 is 11.8 Å². The van der Waals surface area contributed by atoms with Crippen molar-refractivity contribution in [1.29, 1.82) is 0 Å². The molecule has 0 aliphatic heterocycles. The van der Waals surface area contributed by atoms with Crippen LogP contribution in [-0.2, 0) is 0 Å². The zero-order valence-electron chi connectivity index (χ0n) is 8.95. The Morgan fingerprint density at radius 2 is 2.00 bits per heavy atom. The highest BCUT2D eigenvalue weighted by Gasteiger charge is 2.02. The summed E-state index contributed by atoms with van der Waals surface area (Å²) in [7, 11) is 0. The van der Waals surface area contributed by atoms with E-state index in [2.05, 4.69) is 48.1 Å². The number of benzene rings is 1. The van der Waals surface area contributed by atoms with E-state index in [1.165, 1.54) is 11.1 Å². The maximum atomic E-state index is 4.31. The van der Waals surface area contributed by atoms with Gasteiger partial charge in [0.15, 0.2) is 5.16 Å². The molecule has 15 heavy (non-hydrogen) atoms. The van der Waals surface area contributed by atoms with Crippen LogP contribution in [0.1, 0.15) is 12.5 Å². The van der Waals surface area contributed by atoms with Crippen molar-refractivity contribution in [1.82, 2.24) is 9.97 Å². The van der Waals surface area contributed by atoms with Gasteiger partial charge in [-0.15, -0.1) is 0 Å². The number of aromatic amines is 1. The maximum absolute atomic E-state index is 4.31. The Balaban J connectivity index is 2.25. The number of nitrogens with zero attached hydrogens (tertiary/aromatic N) is 1. The van der Waals surface area contributed by atoms with Crippen LogP contribution in [0.4, 0.5) is 0 Å². The minimum atomic E-state index is 0.994. The zero-order chi connectivity index (χ0) is 10.7. The van der Waals surface area contributed by atoms with E-state index >= 15 is 0 Å².